The van der Waals surface area contributed by atoms with E-state index in [2.05, 4.69) is 16.5 Å². The molecule has 0 fully saturated rings. The van der Waals surface area contributed by atoms with E-state index in [1.807, 2.05) is 55.6 Å². The van der Waals surface area contributed by atoms with Gasteiger partial charge in [-0.15, -0.1) is 11.3 Å². The Morgan fingerprint density at radius 1 is 1.23 bits per heavy atom. The second kappa shape index (κ2) is 8.61. The molecule has 1 unspecified atom stereocenters. The molecule has 1 atom stereocenters. The number of aromatic nitrogens is 3. The Balaban J connectivity index is 1.70. The van der Waals surface area contributed by atoms with Crippen LogP contribution in [0.5, 0.6) is 0 Å². The van der Waals surface area contributed by atoms with E-state index in [0.29, 0.717) is 22.4 Å². The van der Waals surface area contributed by atoms with Crippen molar-refractivity contribution in [1.82, 2.24) is 14.1 Å². The van der Waals surface area contributed by atoms with Gasteiger partial charge in [0.05, 0.1) is 30.9 Å². The van der Waals surface area contributed by atoms with Gasteiger partial charge in [0.25, 0.3) is 5.56 Å². The number of ketones is 1. The molecule has 0 bridgehead atoms. The molecule has 3 aromatic heterocycles. The van der Waals surface area contributed by atoms with E-state index in [9.17, 15) is 9.59 Å². The van der Waals surface area contributed by atoms with E-state index < -0.39 is 0 Å². The van der Waals surface area contributed by atoms with Crippen LogP contribution in [0.15, 0.2) is 52.9 Å². The molecule has 3 heterocycles. The predicted molar refractivity (Wildman–Crippen MR) is 124 cm³/mol. The van der Waals surface area contributed by atoms with Crippen molar-refractivity contribution in [3.8, 4) is 11.1 Å². The highest BCUT2D eigenvalue weighted by Crippen LogP contribution is 2.30. The fourth-order valence-corrected chi connectivity index (χ4v) is 5.11. The Morgan fingerprint density at radius 3 is 2.68 bits per heavy atom. The molecule has 160 valence electrons. The van der Waals surface area contributed by atoms with Crippen molar-refractivity contribution in [2.75, 3.05) is 13.7 Å². The molecule has 7 heteroatoms. The maximum atomic E-state index is 13.3. The zero-order valence-electron chi connectivity index (χ0n) is 18.1. The molecule has 6 nitrogen and oxygen atoms in total. The van der Waals surface area contributed by atoms with E-state index in [1.54, 1.807) is 7.11 Å². The summed E-state index contributed by atoms with van der Waals surface area (Å²) in [6.45, 7) is 6.48. The number of carbonyl (C=O) groups is 1. The minimum absolute atomic E-state index is 0.0468. The highest BCUT2D eigenvalue weighted by molar-refractivity contribution is 7.17. The molecular formula is C24H25N3O3S. The van der Waals surface area contributed by atoms with Crippen LogP contribution in [0.3, 0.4) is 0 Å². The lowest BCUT2D eigenvalue weighted by atomic mass is 10.1. The molecule has 4 aromatic rings. The molecule has 4 rings (SSSR count). The van der Waals surface area contributed by atoms with Crippen molar-refractivity contribution in [2.24, 2.45) is 0 Å². The first-order valence-electron chi connectivity index (χ1n) is 10.1. The first kappa shape index (κ1) is 21.2. The summed E-state index contributed by atoms with van der Waals surface area (Å²) in [5.74, 6) is -0.108. The number of benzene rings is 1. The number of hydrogen-bond acceptors (Lipinski definition) is 5. The summed E-state index contributed by atoms with van der Waals surface area (Å²) in [7, 11) is 1.67. The fourth-order valence-electron chi connectivity index (χ4n) is 4.20. The Labute approximate surface area is 184 Å². The van der Waals surface area contributed by atoms with Gasteiger partial charge in [-0.3, -0.25) is 14.2 Å². The number of hydrogen-bond donors (Lipinski definition) is 0. The van der Waals surface area contributed by atoms with E-state index >= 15 is 0 Å². The second-order valence-electron chi connectivity index (χ2n) is 7.76. The third-order valence-corrected chi connectivity index (χ3v) is 6.48. The van der Waals surface area contributed by atoms with Crippen molar-refractivity contribution in [2.45, 2.75) is 33.4 Å². The molecular weight excluding hydrogens is 410 g/mol. The lowest BCUT2D eigenvalue weighted by Crippen LogP contribution is -2.25. The number of thiophene rings is 1. The van der Waals surface area contributed by atoms with Crippen LogP contribution in [-0.4, -0.2) is 33.6 Å². The molecule has 0 saturated carbocycles. The van der Waals surface area contributed by atoms with Crippen LogP contribution in [-0.2, 0) is 11.3 Å². The Hall–Kier alpha value is -3.03. The zero-order valence-corrected chi connectivity index (χ0v) is 18.9. The minimum atomic E-state index is -0.194. The van der Waals surface area contributed by atoms with E-state index in [4.69, 9.17) is 4.74 Å². The van der Waals surface area contributed by atoms with Crippen LogP contribution in [0.2, 0.25) is 0 Å². The molecule has 1 aromatic carbocycles. The standard InChI is InChI=1S/C24H25N3O3S/c1-15-10-19(17(3)27(15)16(2)12-30-4)21(28)11-26-14-25-23-22(24(26)29)20(13-31-23)18-8-6-5-7-9-18/h5-10,13-14,16H,11-12H2,1-4H3. The monoisotopic (exact) mass is 435 g/mol. The molecule has 0 spiro atoms. The summed E-state index contributed by atoms with van der Waals surface area (Å²) in [5.41, 5.74) is 4.13. The summed E-state index contributed by atoms with van der Waals surface area (Å²) in [6, 6.07) is 11.8. The number of Topliss-reactive ketones (excluding diaryl/α,β-unsaturated/α-hetero) is 1. The molecule has 0 aliphatic carbocycles. The van der Waals surface area contributed by atoms with Crippen LogP contribution in [0.25, 0.3) is 21.3 Å². The Kier molecular flexibility index (Phi) is 5.89. The van der Waals surface area contributed by atoms with Gasteiger partial charge in [0, 0.05) is 35.0 Å². The third kappa shape index (κ3) is 3.86. The number of methoxy groups -OCH3 is 1. The summed E-state index contributed by atoms with van der Waals surface area (Å²) < 4.78 is 8.79. The van der Waals surface area contributed by atoms with Crippen molar-refractivity contribution >= 4 is 27.3 Å². The van der Waals surface area contributed by atoms with E-state index in [-0.39, 0.29) is 23.9 Å². The van der Waals surface area contributed by atoms with E-state index in [0.717, 1.165) is 22.5 Å². The molecule has 0 saturated heterocycles. The van der Waals surface area contributed by atoms with Gasteiger partial charge in [-0.1, -0.05) is 30.3 Å². The van der Waals surface area contributed by atoms with Crippen LogP contribution in [0, 0.1) is 13.8 Å². The average molecular weight is 436 g/mol. The molecule has 0 N–H and O–H groups in total. The average Bonchev–Trinajstić information content (AvgIpc) is 3.32. The van der Waals surface area contributed by atoms with Crippen molar-refractivity contribution in [3.63, 3.8) is 0 Å². The van der Waals surface area contributed by atoms with Gasteiger partial charge in [-0.05, 0) is 32.4 Å². The first-order chi connectivity index (χ1) is 14.9. The molecule has 0 aliphatic rings. The lowest BCUT2D eigenvalue weighted by molar-refractivity contribution is 0.0969. The minimum Gasteiger partial charge on any atom is -0.383 e. The lowest BCUT2D eigenvalue weighted by Gasteiger charge is -2.17. The summed E-state index contributed by atoms with van der Waals surface area (Å²) in [4.78, 5) is 31.5. The Bertz CT molecular complexity index is 1300. The van der Waals surface area contributed by atoms with Gasteiger partial charge in [0.15, 0.2) is 5.78 Å². The highest BCUT2D eigenvalue weighted by Gasteiger charge is 2.20. The van der Waals surface area contributed by atoms with Crippen molar-refractivity contribution in [3.05, 3.63) is 75.4 Å². The maximum Gasteiger partial charge on any atom is 0.263 e. The van der Waals surface area contributed by atoms with E-state index in [1.165, 1.54) is 22.2 Å². The number of ether oxygens (including phenoxy) is 1. The van der Waals surface area contributed by atoms with Crippen LogP contribution < -0.4 is 5.56 Å². The number of rotatable bonds is 7. The normalized spacial score (nSPS) is 12.4. The van der Waals surface area contributed by atoms with Gasteiger partial charge >= 0.3 is 0 Å². The van der Waals surface area contributed by atoms with Gasteiger partial charge < -0.3 is 9.30 Å². The molecule has 31 heavy (non-hydrogen) atoms. The highest BCUT2D eigenvalue weighted by atomic mass is 32.1. The molecule has 0 amide bonds. The van der Waals surface area contributed by atoms with Gasteiger partial charge in [0.2, 0.25) is 0 Å². The molecule has 0 radical (unpaired) electrons. The topological polar surface area (TPSA) is 66.1 Å². The summed E-state index contributed by atoms with van der Waals surface area (Å²) in [6.07, 6.45) is 1.47. The largest absolute Gasteiger partial charge is 0.383 e. The number of fused-ring (bicyclic) bond motifs is 1. The summed E-state index contributed by atoms with van der Waals surface area (Å²) in [5, 5.41) is 2.51. The quantitative estimate of drug-likeness (QED) is 0.397. The fraction of sp³-hybridized carbons (Fsp3) is 0.292. The van der Waals surface area contributed by atoms with Crippen molar-refractivity contribution in [1.29, 1.82) is 0 Å². The predicted octanol–water partition coefficient (Wildman–Crippen LogP) is 4.63. The van der Waals surface area contributed by atoms with Gasteiger partial charge in [0.1, 0.15) is 4.83 Å². The zero-order chi connectivity index (χ0) is 22.1. The SMILES string of the molecule is COCC(C)n1c(C)cc(C(=O)Cn2cnc3scc(-c4ccccc4)c3c2=O)c1C. The van der Waals surface area contributed by atoms with Crippen LogP contribution in [0.1, 0.15) is 34.7 Å². The Morgan fingerprint density at radius 2 is 1.97 bits per heavy atom. The molecule has 0 aliphatic heterocycles. The summed E-state index contributed by atoms with van der Waals surface area (Å²) >= 11 is 1.44. The smallest absolute Gasteiger partial charge is 0.263 e. The van der Waals surface area contributed by atoms with Gasteiger partial charge in [-0.25, -0.2) is 4.98 Å². The number of carbonyl (C=O) groups excluding carboxylic acids is 1. The maximum absolute atomic E-state index is 13.3. The first-order valence-corrected chi connectivity index (χ1v) is 11.0. The van der Waals surface area contributed by atoms with Crippen molar-refractivity contribution < 1.29 is 9.53 Å². The number of nitrogens with zero attached hydrogens (tertiary/aromatic N) is 3. The second-order valence-corrected chi connectivity index (χ2v) is 8.61. The van der Waals surface area contributed by atoms with Crippen LogP contribution >= 0.6 is 11.3 Å². The van der Waals surface area contributed by atoms with Crippen LogP contribution in [0.4, 0.5) is 0 Å². The van der Waals surface area contributed by atoms with Gasteiger partial charge in [-0.2, -0.15) is 0 Å². The number of aryl methyl sites for hydroxylation is 1. The third-order valence-electron chi connectivity index (χ3n) is 5.59.